The Morgan fingerprint density at radius 3 is 3.15 bits per heavy atom. The summed E-state index contributed by atoms with van der Waals surface area (Å²) in [4.78, 5) is 4.23. The summed E-state index contributed by atoms with van der Waals surface area (Å²) in [7, 11) is 0. The van der Waals surface area contributed by atoms with Gasteiger partial charge in [-0.2, -0.15) is 0 Å². The van der Waals surface area contributed by atoms with Crippen molar-refractivity contribution in [2.75, 3.05) is 0 Å². The number of rotatable bonds is 4. The lowest BCUT2D eigenvalue weighted by molar-refractivity contribution is 0.723. The molecule has 1 aliphatic heterocycles. The molecule has 0 spiro atoms. The summed E-state index contributed by atoms with van der Waals surface area (Å²) < 4.78 is 0. The third-order valence-corrected chi connectivity index (χ3v) is 2.46. The van der Waals surface area contributed by atoms with E-state index in [0.717, 1.165) is 12.1 Å². The van der Waals surface area contributed by atoms with Crippen molar-refractivity contribution in [3.63, 3.8) is 0 Å². The van der Waals surface area contributed by atoms with Crippen molar-refractivity contribution < 1.29 is 0 Å². The highest BCUT2D eigenvalue weighted by molar-refractivity contribution is 5.88. The third-order valence-electron chi connectivity index (χ3n) is 2.46. The lowest BCUT2D eigenvalue weighted by Crippen LogP contribution is -1.85. The van der Waals surface area contributed by atoms with Crippen LogP contribution in [0.15, 0.2) is 40.1 Å². The molecule has 0 aromatic carbocycles. The van der Waals surface area contributed by atoms with Gasteiger partial charge in [0.2, 0.25) is 0 Å². The highest BCUT2D eigenvalue weighted by atomic mass is 14.8. The fourth-order valence-corrected chi connectivity index (χ4v) is 1.69. The standard InChI is InChI=1S/C12H14N/c1-2-3-4-6-10-9-13-12-8-5-7-11(10)12/h5,7-8H,2-4,6H2,1H3. The molecule has 0 unspecified atom stereocenters. The molecule has 1 heterocycles. The van der Waals surface area contributed by atoms with Crippen LogP contribution in [-0.2, 0) is 0 Å². The van der Waals surface area contributed by atoms with Gasteiger partial charge >= 0.3 is 0 Å². The van der Waals surface area contributed by atoms with Crippen molar-refractivity contribution in [3.05, 3.63) is 35.1 Å². The maximum Gasteiger partial charge on any atom is 0.0935 e. The van der Waals surface area contributed by atoms with Crippen molar-refractivity contribution in [1.29, 1.82) is 0 Å². The first-order chi connectivity index (χ1) is 6.42. The van der Waals surface area contributed by atoms with E-state index >= 15 is 0 Å². The molecule has 0 saturated carbocycles. The second-order valence-electron chi connectivity index (χ2n) is 3.48. The normalized spacial score (nSPS) is 18.4. The van der Waals surface area contributed by atoms with E-state index in [9.17, 15) is 0 Å². The van der Waals surface area contributed by atoms with E-state index in [-0.39, 0.29) is 0 Å². The molecule has 0 bridgehead atoms. The molecule has 1 radical (unpaired) electrons. The topological polar surface area (TPSA) is 12.4 Å². The molecule has 2 aliphatic rings. The Hall–Kier alpha value is -1.11. The van der Waals surface area contributed by atoms with Gasteiger partial charge < -0.3 is 0 Å². The Bertz CT molecular complexity index is 316. The Morgan fingerprint density at radius 2 is 2.31 bits per heavy atom. The molecule has 1 aliphatic carbocycles. The fraction of sp³-hybridized carbons (Fsp3) is 0.417. The van der Waals surface area contributed by atoms with E-state index < -0.39 is 0 Å². The van der Waals surface area contributed by atoms with Crippen LogP contribution in [0.4, 0.5) is 0 Å². The van der Waals surface area contributed by atoms with Crippen LogP contribution >= 0.6 is 0 Å². The summed E-state index contributed by atoms with van der Waals surface area (Å²) >= 11 is 0. The molecule has 13 heavy (non-hydrogen) atoms. The minimum Gasteiger partial charge on any atom is -0.246 e. The van der Waals surface area contributed by atoms with Crippen LogP contribution in [0.2, 0.25) is 0 Å². The Kier molecular flexibility index (Phi) is 2.44. The molecular weight excluding hydrogens is 158 g/mol. The van der Waals surface area contributed by atoms with E-state index in [1.165, 1.54) is 30.4 Å². The van der Waals surface area contributed by atoms with Crippen molar-refractivity contribution in [3.8, 4) is 0 Å². The zero-order valence-electron chi connectivity index (χ0n) is 8.01. The SMILES string of the molecule is CCCCCC1=C2C=CC=C2N=[C]1. The van der Waals surface area contributed by atoms with Crippen molar-refractivity contribution in [2.45, 2.75) is 32.6 Å². The fourth-order valence-electron chi connectivity index (χ4n) is 1.69. The molecule has 0 aromatic heterocycles. The molecule has 0 fully saturated rings. The summed E-state index contributed by atoms with van der Waals surface area (Å²) in [5, 5.41) is 0. The van der Waals surface area contributed by atoms with E-state index in [1.807, 2.05) is 0 Å². The largest absolute Gasteiger partial charge is 0.246 e. The van der Waals surface area contributed by atoms with Crippen molar-refractivity contribution >= 4 is 6.21 Å². The van der Waals surface area contributed by atoms with Gasteiger partial charge in [0.15, 0.2) is 0 Å². The maximum atomic E-state index is 4.23. The van der Waals surface area contributed by atoms with Gasteiger partial charge in [0.1, 0.15) is 0 Å². The van der Waals surface area contributed by atoms with Crippen molar-refractivity contribution in [1.82, 2.24) is 0 Å². The number of nitrogens with zero attached hydrogens (tertiary/aromatic N) is 1. The minimum absolute atomic E-state index is 1.10. The first-order valence-electron chi connectivity index (χ1n) is 5.00. The molecule has 1 nitrogen and oxygen atoms in total. The van der Waals surface area contributed by atoms with Gasteiger partial charge in [0.25, 0.3) is 0 Å². The lowest BCUT2D eigenvalue weighted by atomic mass is 10.0. The van der Waals surface area contributed by atoms with Crippen LogP contribution in [0.3, 0.4) is 0 Å². The van der Waals surface area contributed by atoms with Gasteiger partial charge in [-0.1, -0.05) is 31.9 Å². The molecule has 0 atom stereocenters. The lowest BCUT2D eigenvalue weighted by Gasteiger charge is -1.99. The van der Waals surface area contributed by atoms with Gasteiger partial charge in [-0.25, -0.2) is 4.99 Å². The summed E-state index contributed by atoms with van der Waals surface area (Å²) in [6.07, 6.45) is 14.3. The number of hydrogen-bond acceptors (Lipinski definition) is 1. The Labute approximate surface area is 79.6 Å². The molecule has 2 rings (SSSR count). The smallest absolute Gasteiger partial charge is 0.0935 e. The first-order valence-corrected chi connectivity index (χ1v) is 5.00. The second kappa shape index (κ2) is 3.73. The van der Waals surface area contributed by atoms with E-state index in [4.69, 9.17) is 0 Å². The second-order valence-corrected chi connectivity index (χ2v) is 3.48. The number of unbranched alkanes of at least 4 members (excludes halogenated alkanes) is 2. The molecule has 0 saturated heterocycles. The highest BCUT2D eigenvalue weighted by Gasteiger charge is 2.15. The minimum atomic E-state index is 1.10. The van der Waals surface area contributed by atoms with Gasteiger partial charge in [-0.3, -0.25) is 0 Å². The number of hydrogen-bond donors (Lipinski definition) is 0. The summed E-state index contributed by atoms with van der Waals surface area (Å²) in [5.74, 6) is 0. The molecule has 1 heteroatoms. The molecule has 67 valence electrons. The number of allylic oxidation sites excluding steroid dienone is 4. The van der Waals surface area contributed by atoms with Gasteiger partial charge in [0.05, 0.1) is 11.9 Å². The Balaban J connectivity index is 1.99. The molecule has 0 N–H and O–H groups in total. The number of fused-ring (bicyclic) bond motifs is 1. The van der Waals surface area contributed by atoms with Crippen molar-refractivity contribution in [2.24, 2.45) is 4.99 Å². The predicted molar refractivity (Wildman–Crippen MR) is 55.8 cm³/mol. The highest BCUT2D eigenvalue weighted by Crippen LogP contribution is 2.29. The maximum absolute atomic E-state index is 4.23. The summed E-state index contributed by atoms with van der Waals surface area (Å²) in [6.45, 7) is 2.23. The van der Waals surface area contributed by atoms with Crippen LogP contribution in [-0.4, -0.2) is 6.21 Å². The summed E-state index contributed by atoms with van der Waals surface area (Å²) in [5.41, 5.74) is 3.70. The third kappa shape index (κ3) is 1.64. The van der Waals surface area contributed by atoms with Crippen LogP contribution in [0.25, 0.3) is 0 Å². The summed E-state index contributed by atoms with van der Waals surface area (Å²) in [6, 6.07) is 0. The molecular formula is C12H14N. The quantitative estimate of drug-likeness (QED) is 0.577. The molecule has 0 aromatic rings. The van der Waals surface area contributed by atoms with E-state index in [1.54, 1.807) is 0 Å². The van der Waals surface area contributed by atoms with Gasteiger partial charge in [0, 0.05) is 5.57 Å². The van der Waals surface area contributed by atoms with E-state index in [0.29, 0.717) is 0 Å². The van der Waals surface area contributed by atoms with Gasteiger partial charge in [-0.15, -0.1) is 0 Å². The van der Waals surface area contributed by atoms with E-state index in [2.05, 4.69) is 36.4 Å². The van der Waals surface area contributed by atoms with Crippen LogP contribution in [0.1, 0.15) is 32.6 Å². The average molecular weight is 172 g/mol. The molecule has 0 amide bonds. The number of aliphatic imine (C=N–C) groups is 1. The van der Waals surface area contributed by atoms with Crippen LogP contribution in [0.5, 0.6) is 0 Å². The van der Waals surface area contributed by atoms with Gasteiger partial charge in [-0.05, 0) is 24.5 Å². The monoisotopic (exact) mass is 172 g/mol. The Morgan fingerprint density at radius 1 is 1.38 bits per heavy atom. The predicted octanol–water partition coefficient (Wildman–Crippen LogP) is 3.28. The first kappa shape index (κ1) is 8.49. The van der Waals surface area contributed by atoms with Crippen LogP contribution in [0, 0.1) is 0 Å². The zero-order chi connectivity index (χ0) is 9.10. The average Bonchev–Trinajstić information content (AvgIpc) is 2.68. The zero-order valence-corrected chi connectivity index (χ0v) is 8.01. The van der Waals surface area contributed by atoms with Crippen LogP contribution < -0.4 is 0 Å².